The summed E-state index contributed by atoms with van der Waals surface area (Å²) < 4.78 is 59.6. The minimum absolute atomic E-state index is 0.0437. The maximum Gasteiger partial charge on any atom is 0.427 e. The van der Waals surface area contributed by atoms with Crippen LogP contribution in [0.25, 0.3) is 10.5 Å². The molecule has 0 saturated heterocycles. The summed E-state index contributed by atoms with van der Waals surface area (Å²) in [6.07, 6.45) is -2.63. The van der Waals surface area contributed by atoms with Gasteiger partial charge in [0.2, 0.25) is 0 Å². The van der Waals surface area contributed by atoms with Gasteiger partial charge in [-0.15, -0.1) is 0 Å². The van der Waals surface area contributed by atoms with Crippen LogP contribution in [0.4, 0.5) is 17.6 Å². The molecule has 0 spiro atoms. The summed E-state index contributed by atoms with van der Waals surface area (Å²) in [4.78, 5) is 15.4. The highest BCUT2D eigenvalue weighted by Crippen LogP contribution is 2.39. The smallest absolute Gasteiger partial charge is 0.427 e. The fourth-order valence-electron chi connectivity index (χ4n) is 2.52. The van der Waals surface area contributed by atoms with Gasteiger partial charge >= 0.3 is 6.18 Å². The van der Waals surface area contributed by atoms with Gasteiger partial charge in [-0.25, -0.2) is 9.37 Å². The van der Waals surface area contributed by atoms with Crippen LogP contribution in [0.1, 0.15) is 23.2 Å². The van der Waals surface area contributed by atoms with Crippen LogP contribution in [0, 0.1) is 11.2 Å². The van der Waals surface area contributed by atoms with Gasteiger partial charge in [-0.3, -0.25) is 9.20 Å². The van der Waals surface area contributed by atoms with Crippen molar-refractivity contribution in [2.24, 2.45) is 0 Å². The first kappa shape index (κ1) is 19.7. The molecular formula is C18H13F4N3O2S. The summed E-state index contributed by atoms with van der Waals surface area (Å²) in [5, 5.41) is 7.36. The van der Waals surface area contributed by atoms with Gasteiger partial charge in [0.1, 0.15) is 23.1 Å². The van der Waals surface area contributed by atoms with Crippen LogP contribution in [0.2, 0.25) is 0 Å². The van der Waals surface area contributed by atoms with Crippen LogP contribution < -0.4 is 10.3 Å². The lowest BCUT2D eigenvalue weighted by Gasteiger charge is -2.08. The van der Waals surface area contributed by atoms with Crippen LogP contribution in [0.15, 0.2) is 41.2 Å². The maximum atomic E-state index is 13.5. The van der Waals surface area contributed by atoms with Gasteiger partial charge in [0.05, 0.1) is 11.4 Å². The number of hydrogen-bond acceptors (Lipinski definition) is 5. The number of benzene rings is 1. The Morgan fingerprint density at radius 1 is 1.32 bits per heavy atom. The van der Waals surface area contributed by atoms with E-state index in [1.54, 1.807) is 0 Å². The number of nitrogens with zero attached hydrogens (tertiary/aromatic N) is 2. The van der Waals surface area contributed by atoms with Gasteiger partial charge in [-0.2, -0.15) is 13.2 Å². The van der Waals surface area contributed by atoms with Crippen LogP contribution in [-0.4, -0.2) is 15.6 Å². The first-order valence-corrected chi connectivity index (χ1v) is 8.74. The molecule has 0 aliphatic heterocycles. The zero-order valence-corrected chi connectivity index (χ0v) is 15.2. The molecule has 0 atom stereocenters. The number of aromatic nitrogens is 2. The van der Waals surface area contributed by atoms with Gasteiger partial charge in [-0.05, 0) is 31.2 Å². The zero-order chi connectivity index (χ0) is 20.5. The van der Waals surface area contributed by atoms with E-state index >= 15 is 0 Å². The molecule has 3 aromatic rings. The molecule has 10 heteroatoms. The van der Waals surface area contributed by atoms with Crippen molar-refractivity contribution in [3.63, 3.8) is 0 Å². The minimum Gasteiger partial charge on any atom is -0.487 e. The molecule has 2 heterocycles. The van der Waals surface area contributed by atoms with E-state index in [4.69, 9.17) is 10.1 Å². The predicted octanol–water partition coefficient (Wildman–Crippen LogP) is 4.55. The first-order valence-electron chi connectivity index (χ1n) is 7.92. The summed E-state index contributed by atoms with van der Waals surface area (Å²) in [6, 6.07) is 6.22. The molecule has 2 aromatic heterocycles. The highest BCUT2D eigenvalue weighted by Gasteiger charge is 2.38. The average Bonchev–Trinajstić information content (AvgIpc) is 3.03. The van der Waals surface area contributed by atoms with Gasteiger partial charge < -0.3 is 10.1 Å². The number of ether oxygens (including phenoxy) is 1. The van der Waals surface area contributed by atoms with Crippen molar-refractivity contribution in [2.45, 2.75) is 19.7 Å². The quantitative estimate of drug-likeness (QED) is 0.495. The predicted molar refractivity (Wildman–Crippen MR) is 97.5 cm³/mol. The Kier molecular flexibility index (Phi) is 5.32. The Hall–Kier alpha value is -3.01. The fourth-order valence-corrected chi connectivity index (χ4v) is 3.56. The van der Waals surface area contributed by atoms with Crippen molar-refractivity contribution in [1.82, 2.24) is 9.38 Å². The van der Waals surface area contributed by atoms with Crippen LogP contribution in [0.5, 0.6) is 5.75 Å². The van der Waals surface area contributed by atoms with Crippen molar-refractivity contribution in [3.8, 4) is 5.75 Å². The largest absolute Gasteiger partial charge is 0.487 e. The molecule has 0 amide bonds. The molecule has 28 heavy (non-hydrogen) atoms. The second-order valence-corrected chi connectivity index (χ2v) is 6.59. The second kappa shape index (κ2) is 7.55. The maximum absolute atomic E-state index is 13.5. The van der Waals surface area contributed by atoms with E-state index in [-0.39, 0.29) is 22.8 Å². The lowest BCUT2D eigenvalue weighted by atomic mass is 10.1. The van der Waals surface area contributed by atoms with Crippen molar-refractivity contribution in [3.05, 3.63) is 68.8 Å². The van der Waals surface area contributed by atoms with Gasteiger partial charge in [0, 0.05) is 17.9 Å². The third-order valence-corrected chi connectivity index (χ3v) is 4.86. The van der Waals surface area contributed by atoms with E-state index in [1.165, 1.54) is 37.3 Å². The lowest BCUT2D eigenvalue weighted by molar-refractivity contribution is -0.134. The number of hydrogen-bond donors (Lipinski definition) is 1. The zero-order valence-electron chi connectivity index (χ0n) is 14.4. The molecule has 146 valence electrons. The Bertz CT molecular complexity index is 1110. The first-order chi connectivity index (χ1) is 13.2. The van der Waals surface area contributed by atoms with Crippen molar-refractivity contribution < 1.29 is 22.3 Å². The van der Waals surface area contributed by atoms with Gasteiger partial charge in [0.15, 0.2) is 4.96 Å². The van der Waals surface area contributed by atoms with Crippen molar-refractivity contribution >= 4 is 28.1 Å². The number of nitrogens with one attached hydrogen (secondary N) is 1. The molecule has 1 aromatic carbocycles. The summed E-state index contributed by atoms with van der Waals surface area (Å²) in [6.45, 7) is 1.31. The molecule has 0 aliphatic rings. The standard InChI is InChI=1S/C18H13F4N3O2S/c1-2-10(8-23)15-16(18(20,21)22)28-17-24-12(7-14(26)25(15)17)9-27-13-5-3-11(19)4-6-13/h2-8,23H,9H2,1H3. The Balaban J connectivity index is 2.07. The molecule has 0 radical (unpaired) electrons. The van der Waals surface area contributed by atoms with E-state index in [0.29, 0.717) is 17.1 Å². The van der Waals surface area contributed by atoms with E-state index in [1.807, 2.05) is 0 Å². The Morgan fingerprint density at radius 2 is 2.00 bits per heavy atom. The molecule has 0 saturated carbocycles. The minimum atomic E-state index is -4.71. The van der Waals surface area contributed by atoms with Crippen LogP contribution in [-0.2, 0) is 12.8 Å². The number of allylic oxidation sites excluding steroid dienone is 2. The Morgan fingerprint density at radius 3 is 2.57 bits per heavy atom. The van der Waals surface area contributed by atoms with Gasteiger partial charge in [-0.1, -0.05) is 17.4 Å². The number of halogens is 4. The number of rotatable bonds is 5. The molecular weight excluding hydrogens is 398 g/mol. The Labute approximate surface area is 160 Å². The fraction of sp³-hybridized carbons (Fsp3) is 0.167. The second-order valence-electron chi connectivity index (χ2n) is 5.61. The third-order valence-electron chi connectivity index (χ3n) is 3.77. The molecule has 0 unspecified atom stereocenters. The van der Waals surface area contributed by atoms with Crippen molar-refractivity contribution in [1.29, 1.82) is 5.41 Å². The molecule has 1 N–H and O–H groups in total. The normalized spacial score (nSPS) is 12.4. The number of alkyl halides is 3. The summed E-state index contributed by atoms with van der Waals surface area (Å²) in [5.41, 5.74) is -1.04. The highest BCUT2D eigenvalue weighted by molar-refractivity contribution is 7.17. The molecule has 0 bridgehead atoms. The van der Waals surface area contributed by atoms with Gasteiger partial charge in [0.25, 0.3) is 5.56 Å². The molecule has 0 aliphatic carbocycles. The SMILES string of the molecule is CC=C(C=N)c1c(C(F)(F)F)sc2nc(COc3ccc(F)cc3)cc(=O)n12. The molecule has 3 rings (SSSR count). The van der Waals surface area contributed by atoms with E-state index in [2.05, 4.69) is 4.98 Å². The van der Waals surface area contributed by atoms with Crippen LogP contribution >= 0.6 is 11.3 Å². The van der Waals surface area contributed by atoms with Crippen molar-refractivity contribution in [2.75, 3.05) is 0 Å². The summed E-state index contributed by atoms with van der Waals surface area (Å²) in [7, 11) is 0. The number of fused-ring (bicyclic) bond motifs is 1. The van der Waals surface area contributed by atoms with E-state index < -0.39 is 28.1 Å². The topological polar surface area (TPSA) is 67.5 Å². The average molecular weight is 411 g/mol. The monoisotopic (exact) mass is 411 g/mol. The summed E-state index contributed by atoms with van der Waals surface area (Å²) >= 11 is 0.319. The van der Waals surface area contributed by atoms with E-state index in [0.717, 1.165) is 16.7 Å². The lowest BCUT2D eigenvalue weighted by Crippen LogP contribution is -2.18. The number of thiazole rings is 1. The third kappa shape index (κ3) is 3.81. The highest BCUT2D eigenvalue weighted by atomic mass is 32.1. The van der Waals surface area contributed by atoms with E-state index in [9.17, 15) is 22.4 Å². The van der Waals surface area contributed by atoms with Crippen LogP contribution in [0.3, 0.4) is 0 Å². The summed E-state index contributed by atoms with van der Waals surface area (Å²) in [5.74, 6) is -0.117. The molecule has 0 fully saturated rings. The molecule has 5 nitrogen and oxygen atoms in total.